The Balaban J connectivity index is 2.37. The van der Waals surface area contributed by atoms with Crippen molar-refractivity contribution in [3.63, 3.8) is 0 Å². The van der Waals surface area contributed by atoms with Crippen LogP contribution in [0, 0.1) is 0 Å². The van der Waals surface area contributed by atoms with Gasteiger partial charge in [-0.15, -0.1) is 0 Å². The van der Waals surface area contributed by atoms with Gasteiger partial charge in [0.1, 0.15) is 5.56 Å². The maximum Gasteiger partial charge on any atom is 0.254 e. The van der Waals surface area contributed by atoms with Gasteiger partial charge in [0.2, 0.25) is 5.88 Å². The molecule has 0 aliphatic heterocycles. The summed E-state index contributed by atoms with van der Waals surface area (Å²) in [5.41, 5.74) is 6.74. The summed E-state index contributed by atoms with van der Waals surface area (Å²) in [5.74, 6) is -0.161. The minimum absolute atomic E-state index is 0.0989. The number of carbonyl (C=O) groups is 1. The molecule has 1 amide bonds. The number of nitrogens with zero attached hydrogens (tertiary/aromatic N) is 1. The molecule has 0 aromatic carbocycles. The summed E-state index contributed by atoms with van der Waals surface area (Å²) < 4.78 is 5.17. The standard InChI is InChI=1S/C14H20N2O2/c1-14(8-4-3-5-9-14)11-7-6-10(12(15)17)13(16-11)18-2/h6-7H,3-5,8-9H2,1-2H3,(H2,15,17). The van der Waals surface area contributed by atoms with Crippen LogP contribution in [0.25, 0.3) is 0 Å². The van der Waals surface area contributed by atoms with E-state index in [9.17, 15) is 4.79 Å². The number of aromatic nitrogens is 1. The van der Waals surface area contributed by atoms with Crippen LogP contribution in [0.2, 0.25) is 0 Å². The van der Waals surface area contributed by atoms with Crippen LogP contribution in [0.1, 0.15) is 55.1 Å². The molecule has 1 fully saturated rings. The van der Waals surface area contributed by atoms with Gasteiger partial charge in [0.15, 0.2) is 0 Å². The highest BCUT2D eigenvalue weighted by atomic mass is 16.5. The summed E-state index contributed by atoms with van der Waals surface area (Å²) in [4.78, 5) is 15.7. The first-order valence-electron chi connectivity index (χ1n) is 6.42. The van der Waals surface area contributed by atoms with Crippen molar-refractivity contribution in [2.24, 2.45) is 5.73 Å². The predicted octanol–water partition coefficient (Wildman–Crippen LogP) is 2.41. The van der Waals surface area contributed by atoms with Gasteiger partial charge in [0, 0.05) is 5.41 Å². The van der Waals surface area contributed by atoms with Crippen molar-refractivity contribution in [2.45, 2.75) is 44.4 Å². The lowest BCUT2D eigenvalue weighted by Gasteiger charge is -2.33. The van der Waals surface area contributed by atoms with E-state index in [4.69, 9.17) is 10.5 Å². The van der Waals surface area contributed by atoms with E-state index in [0.29, 0.717) is 11.4 Å². The molecule has 2 N–H and O–H groups in total. The highest BCUT2D eigenvalue weighted by molar-refractivity contribution is 5.95. The van der Waals surface area contributed by atoms with E-state index in [1.54, 1.807) is 6.07 Å². The van der Waals surface area contributed by atoms with E-state index in [0.717, 1.165) is 18.5 Å². The largest absolute Gasteiger partial charge is 0.480 e. The quantitative estimate of drug-likeness (QED) is 0.893. The number of rotatable bonds is 3. The maximum atomic E-state index is 11.3. The lowest BCUT2D eigenvalue weighted by molar-refractivity contribution is 0.0996. The van der Waals surface area contributed by atoms with Gasteiger partial charge in [-0.3, -0.25) is 4.79 Å². The Morgan fingerprint density at radius 2 is 2.00 bits per heavy atom. The molecule has 0 spiro atoms. The number of ether oxygens (including phenoxy) is 1. The minimum atomic E-state index is -0.500. The Morgan fingerprint density at radius 3 is 2.56 bits per heavy atom. The zero-order valence-corrected chi connectivity index (χ0v) is 11.0. The van der Waals surface area contributed by atoms with Crippen LogP contribution in [0.15, 0.2) is 12.1 Å². The van der Waals surface area contributed by atoms with Crippen molar-refractivity contribution in [3.8, 4) is 5.88 Å². The zero-order valence-electron chi connectivity index (χ0n) is 11.0. The number of hydrogen-bond donors (Lipinski definition) is 1. The minimum Gasteiger partial charge on any atom is -0.480 e. The predicted molar refractivity (Wildman–Crippen MR) is 69.7 cm³/mol. The number of methoxy groups -OCH3 is 1. The maximum absolute atomic E-state index is 11.3. The summed E-state index contributed by atoms with van der Waals surface area (Å²) in [6, 6.07) is 3.64. The molecule has 1 saturated carbocycles. The summed E-state index contributed by atoms with van der Waals surface area (Å²) in [7, 11) is 1.52. The number of primary amides is 1. The van der Waals surface area contributed by atoms with Crippen molar-refractivity contribution in [1.82, 2.24) is 4.98 Å². The SMILES string of the molecule is COc1nc(C2(C)CCCCC2)ccc1C(N)=O. The second-order valence-corrected chi connectivity index (χ2v) is 5.24. The Bertz CT molecular complexity index is 451. The summed E-state index contributed by atoms with van der Waals surface area (Å²) in [6.45, 7) is 2.23. The molecular weight excluding hydrogens is 228 g/mol. The summed E-state index contributed by atoms with van der Waals surface area (Å²) in [5, 5.41) is 0. The topological polar surface area (TPSA) is 65.2 Å². The van der Waals surface area contributed by atoms with E-state index >= 15 is 0 Å². The van der Waals surface area contributed by atoms with E-state index in [1.165, 1.54) is 26.4 Å². The smallest absolute Gasteiger partial charge is 0.254 e. The number of amides is 1. The van der Waals surface area contributed by atoms with Crippen molar-refractivity contribution >= 4 is 5.91 Å². The van der Waals surface area contributed by atoms with Gasteiger partial charge in [0.05, 0.1) is 12.8 Å². The molecule has 1 aliphatic rings. The van der Waals surface area contributed by atoms with Crippen LogP contribution in [-0.4, -0.2) is 18.0 Å². The molecule has 1 aromatic rings. The average molecular weight is 248 g/mol. The monoisotopic (exact) mass is 248 g/mol. The second kappa shape index (κ2) is 4.96. The molecule has 1 aliphatic carbocycles. The average Bonchev–Trinajstić information content (AvgIpc) is 2.38. The Morgan fingerprint density at radius 1 is 1.33 bits per heavy atom. The molecule has 1 heterocycles. The molecule has 0 radical (unpaired) electrons. The fourth-order valence-corrected chi connectivity index (χ4v) is 2.71. The van der Waals surface area contributed by atoms with Crippen LogP contribution in [0.5, 0.6) is 5.88 Å². The molecule has 4 nitrogen and oxygen atoms in total. The third-order valence-electron chi connectivity index (χ3n) is 3.89. The summed E-state index contributed by atoms with van der Waals surface area (Å²) in [6.07, 6.45) is 6.04. The van der Waals surface area contributed by atoms with Gasteiger partial charge in [-0.05, 0) is 25.0 Å². The van der Waals surface area contributed by atoms with Gasteiger partial charge in [0.25, 0.3) is 5.91 Å². The lowest BCUT2D eigenvalue weighted by Crippen LogP contribution is -2.27. The molecule has 1 aromatic heterocycles. The zero-order chi connectivity index (χ0) is 13.2. The molecule has 0 bridgehead atoms. The first-order chi connectivity index (χ1) is 8.57. The van der Waals surface area contributed by atoms with Gasteiger partial charge < -0.3 is 10.5 Å². The third-order valence-corrected chi connectivity index (χ3v) is 3.89. The Kier molecular flexibility index (Phi) is 3.55. The van der Waals surface area contributed by atoms with E-state index < -0.39 is 5.91 Å². The normalized spacial score (nSPS) is 18.3. The van der Waals surface area contributed by atoms with Crippen molar-refractivity contribution in [1.29, 1.82) is 0 Å². The molecule has 18 heavy (non-hydrogen) atoms. The highest BCUT2D eigenvalue weighted by Crippen LogP contribution is 2.38. The first-order valence-corrected chi connectivity index (χ1v) is 6.42. The van der Waals surface area contributed by atoms with Gasteiger partial charge in [-0.2, -0.15) is 0 Å². The van der Waals surface area contributed by atoms with Gasteiger partial charge >= 0.3 is 0 Å². The number of hydrogen-bond acceptors (Lipinski definition) is 3. The second-order valence-electron chi connectivity index (χ2n) is 5.24. The lowest BCUT2D eigenvalue weighted by atomic mass is 9.73. The van der Waals surface area contributed by atoms with E-state index in [-0.39, 0.29) is 5.41 Å². The van der Waals surface area contributed by atoms with E-state index in [2.05, 4.69) is 11.9 Å². The van der Waals surface area contributed by atoms with Gasteiger partial charge in [-0.1, -0.05) is 26.2 Å². The van der Waals surface area contributed by atoms with Crippen LogP contribution in [0.4, 0.5) is 0 Å². The first kappa shape index (κ1) is 12.9. The molecule has 0 unspecified atom stereocenters. The molecule has 0 atom stereocenters. The fraction of sp³-hybridized carbons (Fsp3) is 0.571. The number of pyridine rings is 1. The van der Waals surface area contributed by atoms with Crippen molar-refractivity contribution < 1.29 is 9.53 Å². The molecule has 0 saturated heterocycles. The van der Waals surface area contributed by atoms with Crippen LogP contribution in [-0.2, 0) is 5.41 Å². The highest BCUT2D eigenvalue weighted by Gasteiger charge is 2.31. The fourth-order valence-electron chi connectivity index (χ4n) is 2.71. The molecule has 2 rings (SSSR count). The number of nitrogens with two attached hydrogens (primary N) is 1. The van der Waals surface area contributed by atoms with Crippen LogP contribution in [0.3, 0.4) is 0 Å². The Hall–Kier alpha value is -1.58. The van der Waals surface area contributed by atoms with E-state index in [1.807, 2.05) is 6.07 Å². The van der Waals surface area contributed by atoms with Crippen LogP contribution < -0.4 is 10.5 Å². The summed E-state index contributed by atoms with van der Waals surface area (Å²) >= 11 is 0. The van der Waals surface area contributed by atoms with Crippen molar-refractivity contribution in [2.75, 3.05) is 7.11 Å². The molecule has 4 heteroatoms. The van der Waals surface area contributed by atoms with Crippen molar-refractivity contribution in [3.05, 3.63) is 23.4 Å². The Labute approximate surface area is 108 Å². The molecular formula is C14H20N2O2. The van der Waals surface area contributed by atoms with Crippen LogP contribution >= 0.6 is 0 Å². The molecule has 98 valence electrons. The third kappa shape index (κ3) is 2.33. The number of carbonyl (C=O) groups excluding carboxylic acids is 1. The van der Waals surface area contributed by atoms with Gasteiger partial charge in [-0.25, -0.2) is 4.98 Å².